The zero-order valence-electron chi connectivity index (χ0n) is 23.4. The van der Waals surface area contributed by atoms with E-state index >= 15 is 0 Å². The maximum absolute atomic E-state index is 13.8. The highest BCUT2D eigenvalue weighted by Gasteiger charge is 2.40. The Morgan fingerprint density at radius 2 is 1.87 bits per heavy atom. The second kappa shape index (κ2) is 10.6. The maximum atomic E-state index is 13.8. The number of carbonyl (C=O) groups excluding carboxylic acids is 2. The molecule has 2 amide bonds. The summed E-state index contributed by atoms with van der Waals surface area (Å²) in [4.78, 5) is 28.5. The Bertz CT molecular complexity index is 1390. The van der Waals surface area contributed by atoms with Crippen molar-refractivity contribution in [3.8, 4) is 17.2 Å². The minimum absolute atomic E-state index is 0.0157. The first-order valence-electron chi connectivity index (χ1n) is 13.4. The molecule has 0 bridgehead atoms. The molecule has 1 aromatic heterocycles. The van der Waals surface area contributed by atoms with Crippen molar-refractivity contribution in [3.63, 3.8) is 0 Å². The number of aryl methyl sites for hydroxylation is 1. The summed E-state index contributed by atoms with van der Waals surface area (Å²) in [6.45, 7) is 12.5. The van der Waals surface area contributed by atoms with Crippen LogP contribution in [0.5, 0.6) is 11.5 Å². The van der Waals surface area contributed by atoms with Gasteiger partial charge in [0.25, 0.3) is 0 Å². The van der Waals surface area contributed by atoms with E-state index in [4.69, 9.17) is 14.6 Å². The van der Waals surface area contributed by atoms with E-state index in [9.17, 15) is 9.59 Å². The summed E-state index contributed by atoms with van der Waals surface area (Å²) in [6.07, 6.45) is 0.808. The second-order valence-corrected chi connectivity index (χ2v) is 12.3. The number of thioether (sulfide) groups is 1. The summed E-state index contributed by atoms with van der Waals surface area (Å²) in [6, 6.07) is 14.0. The van der Waals surface area contributed by atoms with Crippen LogP contribution >= 0.6 is 11.8 Å². The lowest BCUT2D eigenvalue weighted by Crippen LogP contribution is -2.44. The van der Waals surface area contributed by atoms with Gasteiger partial charge in [0, 0.05) is 17.0 Å². The van der Waals surface area contributed by atoms with Gasteiger partial charge in [-0.1, -0.05) is 51.5 Å². The Labute approximate surface area is 234 Å². The highest BCUT2D eigenvalue weighted by atomic mass is 32.2. The Morgan fingerprint density at radius 3 is 2.56 bits per heavy atom. The molecule has 39 heavy (non-hydrogen) atoms. The molecule has 0 spiro atoms. The third-order valence-corrected chi connectivity index (χ3v) is 8.35. The molecular formula is C30H36N4O4S. The zero-order chi connectivity index (χ0) is 27.9. The van der Waals surface area contributed by atoms with Gasteiger partial charge < -0.3 is 14.8 Å². The summed E-state index contributed by atoms with van der Waals surface area (Å²) in [5.41, 5.74) is 4.46. The van der Waals surface area contributed by atoms with E-state index in [1.165, 1.54) is 0 Å². The van der Waals surface area contributed by atoms with E-state index in [1.807, 2.05) is 67.9 Å². The number of amides is 2. The molecule has 0 radical (unpaired) electrons. The zero-order valence-corrected chi connectivity index (χ0v) is 24.2. The number of carbonyl (C=O) groups is 2. The molecule has 2 atom stereocenters. The fraction of sp³-hybridized carbons (Fsp3) is 0.433. The van der Waals surface area contributed by atoms with Crippen LogP contribution in [0, 0.1) is 6.92 Å². The summed E-state index contributed by atoms with van der Waals surface area (Å²) < 4.78 is 13.1. The van der Waals surface area contributed by atoms with Gasteiger partial charge in [0.05, 0.1) is 22.4 Å². The Kier molecular flexibility index (Phi) is 7.37. The highest BCUT2D eigenvalue weighted by molar-refractivity contribution is 8.00. The number of rotatable bonds is 6. The first-order valence-corrected chi connectivity index (χ1v) is 14.4. The van der Waals surface area contributed by atoms with E-state index in [2.05, 4.69) is 26.1 Å². The van der Waals surface area contributed by atoms with Crippen LogP contribution in [0.3, 0.4) is 0 Å². The second-order valence-electron chi connectivity index (χ2n) is 11.2. The van der Waals surface area contributed by atoms with E-state index in [1.54, 1.807) is 16.7 Å². The number of anilines is 1. The highest BCUT2D eigenvalue weighted by Crippen LogP contribution is 2.49. The number of ether oxygens (including phenoxy) is 2. The van der Waals surface area contributed by atoms with Crippen molar-refractivity contribution in [2.45, 2.75) is 64.7 Å². The Hall–Kier alpha value is -3.46. The van der Waals surface area contributed by atoms with Gasteiger partial charge in [-0.25, -0.2) is 4.68 Å². The third-order valence-electron chi connectivity index (χ3n) is 7.10. The minimum atomic E-state index is -0.326. The Balaban J connectivity index is 1.73. The first kappa shape index (κ1) is 27.1. The van der Waals surface area contributed by atoms with Crippen LogP contribution in [0.25, 0.3) is 5.69 Å². The van der Waals surface area contributed by atoms with E-state index in [0.717, 1.165) is 34.5 Å². The number of aromatic nitrogens is 2. The van der Waals surface area contributed by atoms with Gasteiger partial charge in [-0.05, 0) is 50.1 Å². The lowest BCUT2D eigenvalue weighted by atomic mass is 9.87. The minimum Gasteiger partial charge on any atom is -0.454 e. The van der Waals surface area contributed by atoms with E-state index < -0.39 is 0 Å². The standard InChI is InChI=1S/C30H36N4O4S/c1-7-19(3)31-24(35)15-33-25(36)16-39-27(20-10-13-22-23(14-20)38-17-37-22)26-28(30(4,5)6)32-34(29(26)33)21-11-8-18(2)9-12-21/h8-14,19,27H,7,15-17H2,1-6H3,(H,31,35). The fourth-order valence-corrected chi connectivity index (χ4v) is 6.03. The summed E-state index contributed by atoms with van der Waals surface area (Å²) >= 11 is 1.55. The van der Waals surface area contributed by atoms with Crippen molar-refractivity contribution in [2.75, 3.05) is 24.0 Å². The molecule has 1 N–H and O–H groups in total. The van der Waals surface area contributed by atoms with Gasteiger partial charge in [0.15, 0.2) is 11.5 Å². The predicted octanol–water partition coefficient (Wildman–Crippen LogP) is 5.29. The predicted molar refractivity (Wildman–Crippen MR) is 154 cm³/mol. The summed E-state index contributed by atoms with van der Waals surface area (Å²) in [5.74, 6) is 1.95. The van der Waals surface area contributed by atoms with Gasteiger partial charge in [-0.15, -0.1) is 11.8 Å². The van der Waals surface area contributed by atoms with Gasteiger partial charge in [-0.3, -0.25) is 14.5 Å². The van der Waals surface area contributed by atoms with Crippen molar-refractivity contribution in [3.05, 3.63) is 64.8 Å². The molecule has 206 valence electrons. The lowest BCUT2D eigenvalue weighted by molar-refractivity contribution is -0.123. The molecule has 5 rings (SSSR count). The van der Waals surface area contributed by atoms with Crippen LogP contribution in [-0.2, 0) is 15.0 Å². The number of fused-ring (bicyclic) bond motifs is 2. The molecule has 0 saturated heterocycles. The van der Waals surface area contributed by atoms with Crippen molar-refractivity contribution in [2.24, 2.45) is 0 Å². The number of hydrogen-bond donors (Lipinski definition) is 1. The van der Waals surface area contributed by atoms with Crippen LogP contribution in [0.1, 0.15) is 68.7 Å². The first-order chi connectivity index (χ1) is 18.6. The summed E-state index contributed by atoms with van der Waals surface area (Å²) in [5, 5.41) is 7.97. The monoisotopic (exact) mass is 548 g/mol. The van der Waals surface area contributed by atoms with Crippen LogP contribution in [-0.4, -0.2) is 46.7 Å². The molecular weight excluding hydrogens is 512 g/mol. The molecule has 2 aliphatic rings. The number of hydrogen-bond acceptors (Lipinski definition) is 6. The van der Waals surface area contributed by atoms with Crippen LogP contribution in [0.2, 0.25) is 0 Å². The third kappa shape index (κ3) is 5.37. The average molecular weight is 549 g/mol. The quantitative estimate of drug-likeness (QED) is 0.451. The molecule has 2 unspecified atom stereocenters. The van der Waals surface area contributed by atoms with Gasteiger partial charge in [0.1, 0.15) is 12.4 Å². The molecule has 8 nitrogen and oxygen atoms in total. The molecule has 2 aliphatic heterocycles. The number of benzene rings is 2. The maximum Gasteiger partial charge on any atom is 0.240 e. The summed E-state index contributed by atoms with van der Waals surface area (Å²) in [7, 11) is 0. The van der Waals surface area contributed by atoms with Crippen molar-refractivity contribution >= 4 is 29.4 Å². The van der Waals surface area contributed by atoms with Crippen molar-refractivity contribution in [1.82, 2.24) is 15.1 Å². The normalized spacial score (nSPS) is 17.5. The van der Waals surface area contributed by atoms with E-state index in [-0.39, 0.29) is 47.6 Å². The van der Waals surface area contributed by atoms with E-state index in [0.29, 0.717) is 17.3 Å². The van der Waals surface area contributed by atoms with Gasteiger partial charge >= 0.3 is 0 Å². The number of nitrogens with one attached hydrogen (secondary N) is 1. The van der Waals surface area contributed by atoms with Crippen molar-refractivity contribution < 1.29 is 19.1 Å². The van der Waals surface area contributed by atoms with Gasteiger partial charge in [-0.2, -0.15) is 5.10 Å². The van der Waals surface area contributed by atoms with Crippen molar-refractivity contribution in [1.29, 1.82) is 0 Å². The number of nitrogens with zero attached hydrogens (tertiary/aromatic N) is 3. The Morgan fingerprint density at radius 1 is 1.15 bits per heavy atom. The van der Waals surface area contributed by atoms with Gasteiger partial charge in [0.2, 0.25) is 18.6 Å². The molecule has 0 fully saturated rings. The SMILES string of the molecule is CCC(C)NC(=O)CN1C(=O)CSC(c2ccc3c(c2)OCO3)c2c(C(C)(C)C)nn(-c3ccc(C)cc3)c21. The molecule has 3 aromatic rings. The van der Waals surface area contributed by atoms with Crippen LogP contribution < -0.4 is 19.7 Å². The van der Waals surface area contributed by atoms with Crippen LogP contribution in [0.15, 0.2) is 42.5 Å². The smallest absolute Gasteiger partial charge is 0.240 e. The molecule has 0 aliphatic carbocycles. The molecule has 9 heteroatoms. The van der Waals surface area contributed by atoms with Crippen LogP contribution in [0.4, 0.5) is 5.82 Å². The molecule has 3 heterocycles. The molecule has 2 aromatic carbocycles. The lowest BCUT2D eigenvalue weighted by Gasteiger charge is -2.25. The molecule has 0 saturated carbocycles. The fourth-order valence-electron chi connectivity index (χ4n) is 4.84. The topological polar surface area (TPSA) is 85.7 Å². The average Bonchev–Trinajstić information content (AvgIpc) is 3.49. The largest absolute Gasteiger partial charge is 0.454 e.